The summed E-state index contributed by atoms with van der Waals surface area (Å²) in [5, 5.41) is 3.43. The molecule has 0 bridgehead atoms. The van der Waals surface area contributed by atoms with Crippen LogP contribution in [0.15, 0.2) is 29.5 Å². The number of halogens is 2. The lowest BCUT2D eigenvalue weighted by Gasteiger charge is -2.03. The van der Waals surface area contributed by atoms with Gasteiger partial charge in [0.1, 0.15) is 5.75 Å². The van der Waals surface area contributed by atoms with Gasteiger partial charge in [-0.05, 0) is 22.8 Å². The summed E-state index contributed by atoms with van der Waals surface area (Å²) >= 11 is 0. The molecule has 92 valence electrons. The average molecular weight is 252 g/mol. The number of benzene rings is 1. The highest BCUT2D eigenvalue weighted by Gasteiger charge is 2.12. The van der Waals surface area contributed by atoms with E-state index in [4.69, 9.17) is 5.53 Å². The molecule has 0 fully saturated rings. The molecule has 0 saturated carbocycles. The molecule has 0 spiro atoms. The molecule has 6 nitrogen and oxygen atoms in total. The van der Waals surface area contributed by atoms with Crippen molar-refractivity contribution < 1.29 is 18.3 Å². The maximum atomic E-state index is 12.0. The minimum Gasteiger partial charge on any atom is -0.435 e. The summed E-state index contributed by atoms with van der Waals surface area (Å²) in [6.45, 7) is -2.92. The molecular formula is C10H6F2N4O2. The molecule has 1 heterocycles. The Morgan fingerprint density at radius 2 is 2.28 bits per heavy atom. The standard InChI is InChI=1S/C10H6F2N4O2/c11-10(12)18-5-1-2-6-7(9(17)15-16-13)4-14-8(6)3-5/h1-4,10,14H. The summed E-state index contributed by atoms with van der Waals surface area (Å²) < 4.78 is 28.2. The predicted molar refractivity (Wildman–Crippen MR) is 58.4 cm³/mol. The summed E-state index contributed by atoms with van der Waals surface area (Å²) in [6.07, 6.45) is 1.34. The summed E-state index contributed by atoms with van der Waals surface area (Å²) in [4.78, 5) is 16.5. The summed E-state index contributed by atoms with van der Waals surface area (Å²) in [7, 11) is 0. The summed E-state index contributed by atoms with van der Waals surface area (Å²) in [5.74, 6) is -0.770. The van der Waals surface area contributed by atoms with Gasteiger partial charge in [-0.1, -0.05) is 0 Å². The molecule has 0 aliphatic rings. The fourth-order valence-electron chi connectivity index (χ4n) is 1.55. The van der Waals surface area contributed by atoms with E-state index in [0.717, 1.165) is 0 Å². The lowest BCUT2D eigenvalue weighted by molar-refractivity contribution is -0.0497. The molecule has 1 aromatic carbocycles. The van der Waals surface area contributed by atoms with Gasteiger partial charge in [0.05, 0.1) is 0 Å². The van der Waals surface area contributed by atoms with Crippen molar-refractivity contribution in [2.75, 3.05) is 0 Å². The second kappa shape index (κ2) is 4.72. The fraction of sp³-hybridized carbons (Fsp3) is 0.100. The number of amides is 1. The highest BCUT2D eigenvalue weighted by atomic mass is 19.3. The van der Waals surface area contributed by atoms with Gasteiger partial charge in [-0.2, -0.15) is 8.78 Å². The summed E-state index contributed by atoms with van der Waals surface area (Å²) in [5.41, 5.74) is 8.78. The molecule has 1 N–H and O–H groups in total. The molecule has 2 aromatic rings. The first-order chi connectivity index (χ1) is 8.61. The Labute approximate surface area is 98.8 Å². The van der Waals surface area contributed by atoms with Gasteiger partial charge in [0.25, 0.3) is 5.91 Å². The zero-order valence-corrected chi connectivity index (χ0v) is 8.80. The Kier molecular flexibility index (Phi) is 3.11. The largest absolute Gasteiger partial charge is 0.435 e. The molecular weight excluding hydrogens is 246 g/mol. The van der Waals surface area contributed by atoms with Crippen LogP contribution in [-0.2, 0) is 0 Å². The van der Waals surface area contributed by atoms with Crippen LogP contribution in [-0.4, -0.2) is 17.5 Å². The van der Waals surface area contributed by atoms with Crippen LogP contribution in [0.1, 0.15) is 10.4 Å². The van der Waals surface area contributed by atoms with Crippen molar-refractivity contribution in [2.45, 2.75) is 6.61 Å². The van der Waals surface area contributed by atoms with E-state index in [-0.39, 0.29) is 11.3 Å². The van der Waals surface area contributed by atoms with Crippen LogP contribution in [0.3, 0.4) is 0 Å². The van der Waals surface area contributed by atoms with E-state index < -0.39 is 12.5 Å². The van der Waals surface area contributed by atoms with E-state index in [0.29, 0.717) is 10.9 Å². The molecule has 0 saturated heterocycles. The van der Waals surface area contributed by atoms with E-state index in [1.807, 2.05) is 0 Å². The number of fused-ring (bicyclic) bond motifs is 1. The van der Waals surface area contributed by atoms with Gasteiger partial charge in [-0.3, -0.25) is 4.79 Å². The molecule has 0 atom stereocenters. The molecule has 8 heteroatoms. The number of ether oxygens (including phenoxy) is 1. The molecule has 0 aliphatic heterocycles. The third kappa shape index (κ3) is 2.23. The number of nitrogens with one attached hydrogen (secondary N) is 1. The number of azide groups is 1. The van der Waals surface area contributed by atoms with Crippen molar-refractivity contribution in [1.82, 2.24) is 4.98 Å². The van der Waals surface area contributed by atoms with Crippen molar-refractivity contribution in [3.63, 3.8) is 0 Å². The number of aromatic nitrogens is 1. The fourth-order valence-corrected chi connectivity index (χ4v) is 1.55. The molecule has 1 amide bonds. The monoisotopic (exact) mass is 252 g/mol. The molecule has 0 radical (unpaired) electrons. The van der Waals surface area contributed by atoms with Crippen LogP contribution >= 0.6 is 0 Å². The highest BCUT2D eigenvalue weighted by molar-refractivity contribution is 6.07. The smallest absolute Gasteiger partial charge is 0.387 e. The molecule has 0 aliphatic carbocycles. The Balaban J connectivity index is 2.43. The van der Waals surface area contributed by atoms with Crippen LogP contribution in [0.4, 0.5) is 8.78 Å². The Morgan fingerprint density at radius 3 is 2.94 bits per heavy atom. The van der Waals surface area contributed by atoms with Crippen LogP contribution in [0, 0.1) is 0 Å². The van der Waals surface area contributed by atoms with Gasteiger partial charge in [0.15, 0.2) is 0 Å². The first-order valence-corrected chi connectivity index (χ1v) is 4.77. The zero-order chi connectivity index (χ0) is 13.1. The van der Waals surface area contributed by atoms with Gasteiger partial charge >= 0.3 is 6.61 Å². The first-order valence-electron chi connectivity index (χ1n) is 4.77. The first kappa shape index (κ1) is 11.9. The number of alkyl halides is 2. The average Bonchev–Trinajstić information content (AvgIpc) is 2.71. The third-order valence-corrected chi connectivity index (χ3v) is 2.24. The Morgan fingerprint density at radius 1 is 1.50 bits per heavy atom. The molecule has 2 rings (SSSR count). The number of aromatic amines is 1. The van der Waals surface area contributed by atoms with Gasteiger partial charge in [0, 0.05) is 33.6 Å². The predicted octanol–water partition coefficient (Wildman–Crippen LogP) is 3.22. The molecule has 18 heavy (non-hydrogen) atoms. The van der Waals surface area contributed by atoms with Gasteiger partial charge in [0.2, 0.25) is 0 Å². The number of carbonyl (C=O) groups is 1. The van der Waals surface area contributed by atoms with Crippen LogP contribution in [0.2, 0.25) is 0 Å². The number of carbonyl (C=O) groups excluding carboxylic acids is 1. The Hall–Kier alpha value is -2.60. The second-order valence-electron chi connectivity index (χ2n) is 3.28. The normalized spacial score (nSPS) is 10.4. The quantitative estimate of drug-likeness (QED) is 0.516. The number of hydrogen-bond donors (Lipinski definition) is 1. The van der Waals surface area contributed by atoms with E-state index in [1.54, 1.807) is 0 Å². The number of hydrogen-bond acceptors (Lipinski definition) is 2. The summed E-state index contributed by atoms with van der Waals surface area (Å²) in [6, 6.07) is 4.06. The van der Waals surface area contributed by atoms with Crippen LogP contribution in [0.5, 0.6) is 5.75 Å². The topological polar surface area (TPSA) is 90.9 Å². The number of H-pyrrole nitrogens is 1. The molecule has 0 unspecified atom stereocenters. The van der Waals surface area contributed by atoms with Crippen molar-refractivity contribution in [3.05, 3.63) is 40.4 Å². The second-order valence-corrected chi connectivity index (χ2v) is 3.28. The van der Waals surface area contributed by atoms with Crippen LogP contribution in [0.25, 0.3) is 21.3 Å². The number of rotatable bonds is 3. The SMILES string of the molecule is [N-]=[N+]=NC(=O)c1c[nH]c2cc(OC(F)F)ccc12. The molecule has 1 aromatic heterocycles. The van der Waals surface area contributed by atoms with E-state index in [9.17, 15) is 13.6 Å². The highest BCUT2D eigenvalue weighted by Crippen LogP contribution is 2.24. The van der Waals surface area contributed by atoms with E-state index >= 15 is 0 Å². The van der Waals surface area contributed by atoms with Crippen molar-refractivity contribution >= 4 is 16.8 Å². The van der Waals surface area contributed by atoms with Crippen molar-refractivity contribution in [1.29, 1.82) is 0 Å². The van der Waals surface area contributed by atoms with Crippen LogP contribution < -0.4 is 4.74 Å². The zero-order valence-electron chi connectivity index (χ0n) is 8.80. The number of nitrogens with zero attached hydrogens (tertiary/aromatic N) is 3. The van der Waals surface area contributed by atoms with Crippen molar-refractivity contribution in [2.24, 2.45) is 5.11 Å². The lowest BCUT2D eigenvalue weighted by atomic mass is 10.1. The van der Waals surface area contributed by atoms with E-state index in [1.165, 1.54) is 24.4 Å². The van der Waals surface area contributed by atoms with Gasteiger partial charge < -0.3 is 9.72 Å². The minimum atomic E-state index is -2.92. The third-order valence-electron chi connectivity index (χ3n) is 2.24. The van der Waals surface area contributed by atoms with Gasteiger partial charge in [-0.15, -0.1) is 0 Å². The Bertz CT molecular complexity index is 646. The maximum Gasteiger partial charge on any atom is 0.387 e. The lowest BCUT2D eigenvalue weighted by Crippen LogP contribution is -2.01. The van der Waals surface area contributed by atoms with E-state index in [2.05, 4.69) is 19.7 Å². The maximum absolute atomic E-state index is 12.0. The van der Waals surface area contributed by atoms with Crippen molar-refractivity contribution in [3.8, 4) is 5.75 Å². The van der Waals surface area contributed by atoms with Gasteiger partial charge in [-0.25, -0.2) is 0 Å². The minimum absolute atomic E-state index is 0.0258.